The van der Waals surface area contributed by atoms with Gasteiger partial charge in [0.2, 0.25) is 0 Å². The highest BCUT2D eigenvalue weighted by Gasteiger charge is 2.33. The van der Waals surface area contributed by atoms with E-state index in [9.17, 15) is 4.79 Å². The lowest BCUT2D eigenvalue weighted by Gasteiger charge is -2.38. The van der Waals surface area contributed by atoms with E-state index in [0.717, 1.165) is 16.9 Å². The molecule has 4 heteroatoms. The Hall–Kier alpha value is -2.78. The van der Waals surface area contributed by atoms with Crippen LogP contribution in [0.4, 0.5) is 11.4 Å². The molecule has 1 N–H and O–H groups in total. The summed E-state index contributed by atoms with van der Waals surface area (Å²) in [6, 6.07) is 24.8. The molecule has 0 aliphatic carbocycles. The van der Waals surface area contributed by atoms with Crippen LogP contribution in [0.3, 0.4) is 0 Å². The highest BCUT2D eigenvalue weighted by molar-refractivity contribution is 6.30. The molecule has 0 saturated carbocycles. The minimum absolute atomic E-state index is 0.0181. The van der Waals surface area contributed by atoms with Crippen molar-refractivity contribution in [3.05, 3.63) is 95.0 Å². The van der Waals surface area contributed by atoms with Gasteiger partial charge in [-0.25, -0.2) is 0 Å². The van der Waals surface area contributed by atoms with Gasteiger partial charge in [0.15, 0.2) is 0 Å². The van der Waals surface area contributed by atoms with Gasteiger partial charge >= 0.3 is 0 Å². The number of hydrogen-bond donors (Lipinski definition) is 1. The Morgan fingerprint density at radius 1 is 0.833 bits per heavy atom. The maximum absolute atomic E-state index is 13.1. The third kappa shape index (κ3) is 2.53. The normalized spacial score (nSPS) is 16.5. The summed E-state index contributed by atoms with van der Waals surface area (Å²) in [7, 11) is 0. The Morgan fingerprint density at radius 3 is 2.25 bits per heavy atom. The van der Waals surface area contributed by atoms with Crippen LogP contribution in [0.5, 0.6) is 0 Å². The van der Waals surface area contributed by atoms with Crippen LogP contribution >= 0.6 is 11.6 Å². The maximum Gasteiger partial charge on any atom is 0.262 e. The standard InChI is InChI=1S/C20H15ClN2O/c21-15-12-10-14(11-13-15)19-22-18-9-5-4-8-17(18)20(24)23(19)16-6-2-1-3-7-16/h1-13,19,22H. The number of para-hydroxylation sites is 2. The molecule has 4 rings (SSSR count). The van der Waals surface area contributed by atoms with Gasteiger partial charge in [-0.3, -0.25) is 9.69 Å². The Balaban J connectivity index is 1.86. The third-order valence-corrected chi connectivity index (χ3v) is 4.40. The first kappa shape index (κ1) is 14.8. The minimum atomic E-state index is -0.285. The van der Waals surface area contributed by atoms with Crippen molar-refractivity contribution < 1.29 is 4.79 Å². The van der Waals surface area contributed by atoms with E-state index in [1.165, 1.54) is 0 Å². The molecule has 1 aliphatic heterocycles. The summed E-state index contributed by atoms with van der Waals surface area (Å²) in [6.07, 6.45) is -0.285. The molecule has 1 amide bonds. The predicted molar refractivity (Wildman–Crippen MR) is 97.5 cm³/mol. The Morgan fingerprint density at radius 2 is 1.50 bits per heavy atom. The van der Waals surface area contributed by atoms with Gasteiger partial charge in [0.05, 0.1) is 5.56 Å². The van der Waals surface area contributed by atoms with Gasteiger partial charge in [0.1, 0.15) is 6.17 Å². The van der Waals surface area contributed by atoms with Crippen molar-refractivity contribution >= 4 is 28.9 Å². The largest absolute Gasteiger partial charge is 0.360 e. The molecule has 0 saturated heterocycles. The van der Waals surface area contributed by atoms with Gasteiger partial charge in [0, 0.05) is 16.4 Å². The fourth-order valence-corrected chi connectivity index (χ4v) is 3.11. The number of halogens is 1. The Kier molecular flexibility index (Phi) is 3.71. The second-order valence-corrected chi connectivity index (χ2v) is 6.09. The topological polar surface area (TPSA) is 32.3 Å². The van der Waals surface area contributed by atoms with Crippen LogP contribution in [0.1, 0.15) is 22.1 Å². The van der Waals surface area contributed by atoms with Crippen molar-refractivity contribution in [1.29, 1.82) is 0 Å². The zero-order chi connectivity index (χ0) is 16.5. The molecule has 1 aliphatic rings. The summed E-state index contributed by atoms with van der Waals surface area (Å²) >= 11 is 6.01. The van der Waals surface area contributed by atoms with Crippen molar-refractivity contribution in [2.45, 2.75) is 6.17 Å². The van der Waals surface area contributed by atoms with Crippen molar-refractivity contribution in [1.82, 2.24) is 0 Å². The Bertz CT molecular complexity index is 878. The first-order chi connectivity index (χ1) is 11.7. The second-order valence-electron chi connectivity index (χ2n) is 5.65. The number of rotatable bonds is 2. The van der Waals surface area contributed by atoms with E-state index in [0.29, 0.717) is 10.6 Å². The molecule has 0 spiro atoms. The molecule has 1 atom stereocenters. The predicted octanol–water partition coefficient (Wildman–Crippen LogP) is 5.11. The highest BCUT2D eigenvalue weighted by atomic mass is 35.5. The minimum Gasteiger partial charge on any atom is -0.360 e. The molecule has 3 aromatic carbocycles. The monoisotopic (exact) mass is 334 g/mol. The van der Waals surface area contributed by atoms with Crippen molar-refractivity contribution in [2.75, 3.05) is 10.2 Å². The van der Waals surface area contributed by atoms with E-state index >= 15 is 0 Å². The lowest BCUT2D eigenvalue weighted by molar-refractivity contribution is 0.0975. The lowest BCUT2D eigenvalue weighted by Crippen LogP contribution is -2.43. The van der Waals surface area contributed by atoms with Crippen LogP contribution < -0.4 is 10.2 Å². The molecule has 0 fully saturated rings. The summed E-state index contributed by atoms with van der Waals surface area (Å²) < 4.78 is 0. The van der Waals surface area contributed by atoms with E-state index in [-0.39, 0.29) is 12.1 Å². The lowest BCUT2D eigenvalue weighted by atomic mass is 10.0. The summed E-state index contributed by atoms with van der Waals surface area (Å²) in [5.74, 6) is -0.0181. The quantitative estimate of drug-likeness (QED) is 0.706. The summed E-state index contributed by atoms with van der Waals surface area (Å²) in [5, 5.41) is 4.15. The molecule has 3 nitrogen and oxygen atoms in total. The van der Waals surface area contributed by atoms with E-state index in [1.54, 1.807) is 4.90 Å². The number of carbonyl (C=O) groups excluding carboxylic acids is 1. The number of nitrogens with one attached hydrogen (secondary N) is 1. The smallest absolute Gasteiger partial charge is 0.262 e. The van der Waals surface area contributed by atoms with Crippen LogP contribution in [0.25, 0.3) is 0 Å². The highest BCUT2D eigenvalue weighted by Crippen LogP contribution is 2.36. The number of nitrogens with zero attached hydrogens (tertiary/aromatic N) is 1. The number of amides is 1. The van der Waals surface area contributed by atoms with E-state index in [1.807, 2.05) is 78.9 Å². The molecule has 0 bridgehead atoms. The van der Waals surface area contributed by atoms with Crippen molar-refractivity contribution in [3.8, 4) is 0 Å². The van der Waals surface area contributed by atoms with Crippen LogP contribution in [0.15, 0.2) is 78.9 Å². The molecule has 0 radical (unpaired) electrons. The average Bonchev–Trinajstić information content (AvgIpc) is 2.63. The molecular formula is C20H15ClN2O. The van der Waals surface area contributed by atoms with Crippen molar-refractivity contribution in [3.63, 3.8) is 0 Å². The molecule has 0 aromatic heterocycles. The average molecular weight is 335 g/mol. The van der Waals surface area contributed by atoms with Gasteiger partial charge < -0.3 is 5.32 Å². The number of hydrogen-bond acceptors (Lipinski definition) is 2. The maximum atomic E-state index is 13.1. The number of anilines is 2. The van der Waals surface area contributed by atoms with Gasteiger partial charge in [-0.2, -0.15) is 0 Å². The zero-order valence-corrected chi connectivity index (χ0v) is 13.6. The van der Waals surface area contributed by atoms with Gasteiger partial charge in [-0.05, 0) is 42.0 Å². The van der Waals surface area contributed by atoms with Crippen LogP contribution in [-0.2, 0) is 0 Å². The number of carbonyl (C=O) groups is 1. The molecule has 3 aromatic rings. The Labute approximate surface area is 145 Å². The summed E-state index contributed by atoms with van der Waals surface area (Å²) in [4.78, 5) is 14.9. The van der Waals surface area contributed by atoms with Gasteiger partial charge in [0.25, 0.3) is 5.91 Å². The third-order valence-electron chi connectivity index (χ3n) is 4.15. The van der Waals surface area contributed by atoms with E-state index in [4.69, 9.17) is 11.6 Å². The first-order valence-electron chi connectivity index (χ1n) is 7.74. The molecule has 1 unspecified atom stereocenters. The molecule has 118 valence electrons. The fraction of sp³-hybridized carbons (Fsp3) is 0.0500. The first-order valence-corrected chi connectivity index (χ1v) is 8.11. The van der Waals surface area contributed by atoms with Crippen LogP contribution in [0, 0.1) is 0 Å². The van der Waals surface area contributed by atoms with Crippen LogP contribution in [-0.4, -0.2) is 5.91 Å². The molecule has 24 heavy (non-hydrogen) atoms. The second kappa shape index (κ2) is 6.02. The fourth-order valence-electron chi connectivity index (χ4n) is 2.99. The molecular weight excluding hydrogens is 320 g/mol. The summed E-state index contributed by atoms with van der Waals surface area (Å²) in [6.45, 7) is 0. The van der Waals surface area contributed by atoms with Gasteiger partial charge in [-0.1, -0.05) is 54.1 Å². The number of fused-ring (bicyclic) bond motifs is 1. The van der Waals surface area contributed by atoms with Crippen molar-refractivity contribution in [2.24, 2.45) is 0 Å². The number of benzene rings is 3. The van der Waals surface area contributed by atoms with Crippen LogP contribution in [0.2, 0.25) is 5.02 Å². The van der Waals surface area contributed by atoms with E-state index in [2.05, 4.69) is 5.32 Å². The molecule has 1 heterocycles. The SMILES string of the molecule is O=C1c2ccccc2NC(c2ccc(Cl)cc2)N1c1ccccc1. The van der Waals surface area contributed by atoms with E-state index < -0.39 is 0 Å². The van der Waals surface area contributed by atoms with Gasteiger partial charge in [-0.15, -0.1) is 0 Å². The summed E-state index contributed by atoms with van der Waals surface area (Å²) in [5.41, 5.74) is 3.34. The zero-order valence-electron chi connectivity index (χ0n) is 12.8.